The Bertz CT molecular complexity index is 734. The van der Waals surface area contributed by atoms with Crippen molar-refractivity contribution in [1.29, 1.82) is 0 Å². The maximum atomic E-state index is 12.1. The van der Waals surface area contributed by atoms with Gasteiger partial charge in [-0.2, -0.15) is 0 Å². The van der Waals surface area contributed by atoms with Crippen LogP contribution in [0.15, 0.2) is 41.1 Å². The number of hydrogen-bond acceptors (Lipinski definition) is 5. The van der Waals surface area contributed by atoms with Gasteiger partial charge < -0.3 is 14.8 Å². The number of carbonyl (C=O) groups excluding carboxylic acids is 2. The normalized spacial score (nSPS) is 10.0. The van der Waals surface area contributed by atoms with E-state index < -0.39 is 5.97 Å². The predicted molar refractivity (Wildman–Crippen MR) is 87.4 cm³/mol. The number of esters is 1. The first-order chi connectivity index (χ1) is 11.0. The molecule has 0 aliphatic carbocycles. The zero-order valence-electron chi connectivity index (χ0n) is 12.6. The fraction of sp³-hybridized carbons (Fsp3) is 0.188. The van der Waals surface area contributed by atoms with Crippen molar-refractivity contribution in [2.24, 2.45) is 0 Å². The van der Waals surface area contributed by atoms with E-state index in [2.05, 4.69) is 26.2 Å². The monoisotopic (exact) mass is 378 g/mol. The molecule has 0 bridgehead atoms. The third kappa shape index (κ3) is 4.29. The summed E-state index contributed by atoms with van der Waals surface area (Å²) >= 11 is 3.27. The Morgan fingerprint density at radius 1 is 1.22 bits per heavy atom. The molecule has 6 nitrogen and oxygen atoms in total. The number of benzene rings is 1. The summed E-state index contributed by atoms with van der Waals surface area (Å²) in [5.41, 5.74) is 1.51. The summed E-state index contributed by atoms with van der Waals surface area (Å²) in [5.74, 6) is -0.330. The Morgan fingerprint density at radius 2 is 2.00 bits per heavy atom. The van der Waals surface area contributed by atoms with Crippen LogP contribution in [0.25, 0.3) is 0 Å². The highest BCUT2D eigenvalue weighted by atomic mass is 79.9. The van der Waals surface area contributed by atoms with Crippen molar-refractivity contribution in [2.45, 2.75) is 6.54 Å². The van der Waals surface area contributed by atoms with Gasteiger partial charge in [0.25, 0.3) is 5.91 Å². The van der Waals surface area contributed by atoms with E-state index in [-0.39, 0.29) is 12.5 Å². The molecule has 0 saturated heterocycles. The lowest BCUT2D eigenvalue weighted by atomic mass is 10.1. The number of nitrogens with zero attached hydrogens (tertiary/aromatic N) is 1. The van der Waals surface area contributed by atoms with Gasteiger partial charge in [-0.05, 0) is 39.7 Å². The molecular formula is C16H15BrN2O4. The first-order valence-corrected chi connectivity index (χ1v) is 7.48. The minimum Gasteiger partial charge on any atom is -0.496 e. The van der Waals surface area contributed by atoms with Crippen LogP contribution in [0.2, 0.25) is 0 Å². The van der Waals surface area contributed by atoms with Crippen LogP contribution in [0.5, 0.6) is 5.75 Å². The van der Waals surface area contributed by atoms with Crippen molar-refractivity contribution in [3.8, 4) is 5.75 Å². The Kier molecular flexibility index (Phi) is 5.70. The van der Waals surface area contributed by atoms with E-state index in [1.807, 2.05) is 0 Å². The summed E-state index contributed by atoms with van der Waals surface area (Å²) in [6.07, 6.45) is 3.08. The van der Waals surface area contributed by atoms with Crippen molar-refractivity contribution < 1.29 is 19.1 Å². The maximum Gasteiger partial charge on any atom is 0.341 e. The molecule has 1 aromatic carbocycles. The molecular weight excluding hydrogens is 364 g/mol. The first kappa shape index (κ1) is 17.0. The van der Waals surface area contributed by atoms with E-state index in [9.17, 15) is 9.59 Å². The summed E-state index contributed by atoms with van der Waals surface area (Å²) < 4.78 is 10.6. The molecule has 0 spiro atoms. The molecule has 1 aromatic heterocycles. The van der Waals surface area contributed by atoms with Gasteiger partial charge in [-0.15, -0.1) is 0 Å². The minimum absolute atomic E-state index is 0.255. The predicted octanol–water partition coefficient (Wildman–Crippen LogP) is 2.57. The number of rotatable bonds is 5. The Morgan fingerprint density at radius 3 is 2.65 bits per heavy atom. The third-order valence-electron chi connectivity index (χ3n) is 3.09. The number of nitrogens with one attached hydrogen (secondary N) is 1. The highest BCUT2D eigenvalue weighted by molar-refractivity contribution is 9.10. The van der Waals surface area contributed by atoms with Crippen LogP contribution in [-0.4, -0.2) is 31.1 Å². The van der Waals surface area contributed by atoms with Gasteiger partial charge in [0.05, 0.1) is 19.8 Å². The highest BCUT2D eigenvalue weighted by Gasteiger charge is 2.14. The van der Waals surface area contributed by atoms with Crippen LogP contribution in [0, 0.1) is 0 Å². The van der Waals surface area contributed by atoms with Gasteiger partial charge in [0.15, 0.2) is 0 Å². The zero-order valence-corrected chi connectivity index (χ0v) is 14.2. The van der Waals surface area contributed by atoms with Gasteiger partial charge in [-0.1, -0.05) is 6.07 Å². The molecule has 23 heavy (non-hydrogen) atoms. The molecule has 0 fully saturated rings. The molecule has 0 atom stereocenters. The smallest absolute Gasteiger partial charge is 0.341 e. The van der Waals surface area contributed by atoms with E-state index >= 15 is 0 Å². The average Bonchev–Trinajstić information content (AvgIpc) is 2.58. The molecule has 7 heteroatoms. The van der Waals surface area contributed by atoms with Gasteiger partial charge in [0, 0.05) is 23.4 Å². The molecule has 2 aromatic rings. The van der Waals surface area contributed by atoms with Gasteiger partial charge in [-0.3, -0.25) is 9.78 Å². The molecule has 0 saturated carbocycles. The molecule has 1 N–H and O–H groups in total. The average molecular weight is 379 g/mol. The summed E-state index contributed by atoms with van der Waals surface area (Å²) in [4.78, 5) is 27.8. The number of hydrogen-bond donors (Lipinski definition) is 1. The molecule has 0 aliphatic rings. The summed E-state index contributed by atoms with van der Waals surface area (Å²) in [6.45, 7) is 0.263. The quantitative estimate of drug-likeness (QED) is 0.808. The SMILES string of the molecule is COC(=O)c1cc(CNC(=O)c2cncc(Br)c2)ccc1OC. The lowest BCUT2D eigenvalue weighted by Crippen LogP contribution is -2.23. The van der Waals surface area contributed by atoms with E-state index in [1.54, 1.807) is 30.5 Å². The largest absolute Gasteiger partial charge is 0.496 e. The van der Waals surface area contributed by atoms with Crippen molar-refractivity contribution in [2.75, 3.05) is 14.2 Å². The van der Waals surface area contributed by atoms with E-state index in [1.165, 1.54) is 20.4 Å². The minimum atomic E-state index is -0.494. The lowest BCUT2D eigenvalue weighted by Gasteiger charge is -2.10. The molecule has 0 radical (unpaired) electrons. The second kappa shape index (κ2) is 7.73. The topological polar surface area (TPSA) is 77.5 Å². The number of halogens is 1. The van der Waals surface area contributed by atoms with Crippen LogP contribution < -0.4 is 10.1 Å². The summed E-state index contributed by atoms with van der Waals surface area (Å²) in [7, 11) is 2.78. The Balaban J connectivity index is 2.11. The van der Waals surface area contributed by atoms with Crippen molar-refractivity contribution in [1.82, 2.24) is 10.3 Å². The number of ether oxygens (including phenoxy) is 2. The van der Waals surface area contributed by atoms with Crippen LogP contribution in [0.3, 0.4) is 0 Å². The first-order valence-electron chi connectivity index (χ1n) is 6.69. The van der Waals surface area contributed by atoms with Gasteiger partial charge in [0.1, 0.15) is 11.3 Å². The lowest BCUT2D eigenvalue weighted by molar-refractivity contribution is 0.0597. The molecule has 0 aliphatic heterocycles. The zero-order chi connectivity index (χ0) is 16.8. The van der Waals surface area contributed by atoms with Gasteiger partial charge >= 0.3 is 5.97 Å². The molecule has 1 heterocycles. The number of aromatic nitrogens is 1. The highest BCUT2D eigenvalue weighted by Crippen LogP contribution is 2.21. The summed E-state index contributed by atoms with van der Waals surface area (Å²) in [5, 5.41) is 2.77. The number of carbonyl (C=O) groups is 2. The Labute approximate surface area is 142 Å². The molecule has 2 rings (SSSR count). The van der Waals surface area contributed by atoms with E-state index in [0.29, 0.717) is 16.9 Å². The van der Waals surface area contributed by atoms with Crippen LogP contribution >= 0.6 is 15.9 Å². The van der Waals surface area contributed by atoms with Crippen molar-refractivity contribution in [3.63, 3.8) is 0 Å². The molecule has 120 valence electrons. The fourth-order valence-electron chi connectivity index (χ4n) is 1.96. The van der Waals surface area contributed by atoms with Crippen LogP contribution in [0.1, 0.15) is 26.3 Å². The molecule has 0 unspecified atom stereocenters. The second-order valence-corrected chi connectivity index (χ2v) is 5.52. The fourth-order valence-corrected chi connectivity index (χ4v) is 2.32. The number of amides is 1. The van der Waals surface area contributed by atoms with Crippen molar-refractivity contribution in [3.05, 3.63) is 57.8 Å². The standard InChI is InChI=1S/C16H15BrN2O4/c1-22-14-4-3-10(5-13(14)16(21)23-2)7-19-15(20)11-6-12(17)9-18-8-11/h3-6,8-9H,7H2,1-2H3,(H,19,20). The molecule has 1 amide bonds. The van der Waals surface area contributed by atoms with Crippen LogP contribution in [0.4, 0.5) is 0 Å². The second-order valence-electron chi connectivity index (χ2n) is 4.60. The van der Waals surface area contributed by atoms with Gasteiger partial charge in [-0.25, -0.2) is 4.79 Å². The van der Waals surface area contributed by atoms with E-state index in [4.69, 9.17) is 9.47 Å². The van der Waals surface area contributed by atoms with Gasteiger partial charge in [0.2, 0.25) is 0 Å². The van der Waals surface area contributed by atoms with E-state index in [0.717, 1.165) is 10.0 Å². The third-order valence-corrected chi connectivity index (χ3v) is 3.52. The number of methoxy groups -OCH3 is 2. The Hall–Kier alpha value is -2.41. The van der Waals surface area contributed by atoms with Crippen molar-refractivity contribution >= 4 is 27.8 Å². The maximum absolute atomic E-state index is 12.1. The summed E-state index contributed by atoms with van der Waals surface area (Å²) in [6, 6.07) is 6.74. The van der Waals surface area contributed by atoms with Crippen LogP contribution in [-0.2, 0) is 11.3 Å². The number of pyridine rings is 1.